The molecule has 9 N–H and O–H groups in total. The van der Waals surface area contributed by atoms with Gasteiger partial charge in [0.05, 0.1) is 161 Å². The van der Waals surface area contributed by atoms with Crippen molar-refractivity contribution in [3.8, 4) is 0 Å². The van der Waals surface area contributed by atoms with E-state index in [0.717, 1.165) is 0 Å². The zero-order valence-electron chi connectivity index (χ0n) is 80.9. The molecule has 10 atom stereocenters. The molecule has 7 aliphatic rings. The van der Waals surface area contributed by atoms with Crippen molar-refractivity contribution in [1.29, 1.82) is 0 Å². The second kappa shape index (κ2) is 63.9. The zero-order chi connectivity index (χ0) is 101. The molecule has 50 heteroatoms. The summed E-state index contributed by atoms with van der Waals surface area (Å²) < 4.78 is 59.7. The molecular formula is C89H145N15O32S3. The minimum absolute atomic E-state index is 0.00994. The molecule has 10 unspecified atom stereocenters. The Kier molecular flexibility index (Phi) is 53.8. The van der Waals surface area contributed by atoms with Crippen LogP contribution in [0.4, 0.5) is 0 Å². The first kappa shape index (κ1) is 117. The number of aliphatic hydroxyl groups is 3. The molecule has 0 aromatic carbocycles. The van der Waals surface area contributed by atoms with Crippen LogP contribution < -0.4 is 31.9 Å². The molecule has 0 spiro atoms. The molecule has 0 aromatic rings. The van der Waals surface area contributed by atoms with Crippen molar-refractivity contribution in [1.82, 2.24) is 76.0 Å². The highest BCUT2D eigenvalue weighted by atomic mass is 32.2. The second-order valence-corrected chi connectivity index (χ2v) is 38.9. The fraction of sp³-hybridized carbons (Fsp3) is 0.798. The van der Waals surface area contributed by atoms with Crippen molar-refractivity contribution >= 4 is 142 Å². The number of rotatable bonds is 73. The number of nitrogens with one attached hydrogen (secondary N) is 6. The molecule has 7 aliphatic heterocycles. The Bertz CT molecular complexity index is 3430. The number of carbonyl (C=O) groups excluding carboxylic acids is 18. The number of methoxy groups -OCH3 is 6. The second-order valence-electron chi connectivity index (χ2n) is 35.4. The van der Waals surface area contributed by atoms with Crippen LogP contribution in [0.25, 0.3) is 0 Å². The lowest BCUT2D eigenvalue weighted by molar-refractivity contribution is -0.145. The molecule has 0 aromatic heterocycles. The number of hydrogen-bond acceptors (Lipinski definition) is 38. The van der Waals surface area contributed by atoms with Crippen molar-refractivity contribution < 1.29 is 154 Å². The number of likely N-dealkylation sites (tertiary alicyclic amines) is 6. The van der Waals surface area contributed by atoms with Gasteiger partial charge < -0.3 is 143 Å². The molecule has 0 saturated carbocycles. The number of thioether (sulfide) groups is 3. The lowest BCUT2D eigenvalue weighted by Crippen LogP contribution is -2.44. The van der Waals surface area contributed by atoms with Crippen LogP contribution in [0, 0.1) is 40.9 Å². The van der Waals surface area contributed by atoms with Gasteiger partial charge in [-0.25, -0.2) is 0 Å². The highest BCUT2D eigenvalue weighted by molar-refractivity contribution is 7.99. The van der Waals surface area contributed by atoms with E-state index in [-0.39, 0.29) is 381 Å². The summed E-state index contributed by atoms with van der Waals surface area (Å²) in [5.74, 6) is -8.02. The third-order valence-corrected chi connectivity index (χ3v) is 27.8. The first-order valence-electron chi connectivity index (χ1n) is 47.3. The van der Waals surface area contributed by atoms with Gasteiger partial charge >= 0.3 is 35.8 Å². The predicted molar refractivity (Wildman–Crippen MR) is 501 cm³/mol. The smallest absolute Gasteiger partial charge is 0.310 e. The summed E-state index contributed by atoms with van der Waals surface area (Å²) >= 11 is 4.16. The molecule has 7 rings (SSSR count). The standard InChI is InChI=1S/C89H145N15O32S3/c1-126-83(120)61-37-77(114)99(43-61)25-13-90-71(108)7-19-96(20-8-72(109)91-14-26-100-44-62(38-78(100)115)84(121)127-2)31-34-137-54-67(105)49-132-57-89(60-135-52-70-53-136-70,58-133-50-68(106)55-138-35-32-97(21-9-73(110)92-15-27-101-45-63(39-79(101)116)85(122)128-3)22-10-74(111)93-16-28-102-46-64(40-80(102)117)86(123)129-4)59-134-51-69(107)56-139-36-33-98(23-11-75(112)94-17-29-103-47-65(41-81(103)118)87(124)130-5)24-12-76(113)95-18-30-104-48-66(42-82(104)119)88(125)131-6/h61-70,105-107H,7-60H2,1-6H3,(H,90,108)(H,91,109)(H,92,110)(H,93,111)(H,94,112)(H,95,113). The number of amides is 12. The van der Waals surface area contributed by atoms with Crippen molar-refractivity contribution in [3.05, 3.63) is 0 Å². The Morgan fingerprint density at radius 1 is 0.331 bits per heavy atom. The largest absolute Gasteiger partial charge is 0.469 e. The first-order valence-corrected chi connectivity index (χ1v) is 50.8. The van der Waals surface area contributed by atoms with Crippen molar-refractivity contribution in [3.63, 3.8) is 0 Å². The monoisotopic (exact) mass is 2030 g/mol. The average Bonchev–Trinajstić information content (AvgIpc) is 1.59. The van der Waals surface area contributed by atoms with Gasteiger partial charge in [-0.2, -0.15) is 35.3 Å². The summed E-state index contributed by atoms with van der Waals surface area (Å²) in [5.41, 5.74) is -1.16. The lowest BCUT2D eigenvalue weighted by atomic mass is 9.92. The van der Waals surface area contributed by atoms with Crippen LogP contribution in [-0.4, -0.2) is 504 Å². The molecule has 786 valence electrons. The number of hydrogen-bond donors (Lipinski definition) is 9. The Labute approximate surface area is 823 Å². The Hall–Kier alpha value is -8.93. The number of epoxide rings is 1. The maximum Gasteiger partial charge on any atom is 0.310 e. The number of ether oxygens (including phenoxy) is 11. The van der Waals surface area contributed by atoms with E-state index < -0.39 is 95.1 Å². The van der Waals surface area contributed by atoms with E-state index in [9.17, 15) is 102 Å². The van der Waals surface area contributed by atoms with Crippen LogP contribution in [0.5, 0.6) is 0 Å². The molecule has 7 heterocycles. The molecule has 0 bridgehead atoms. The maximum absolute atomic E-state index is 13.3. The molecule has 0 radical (unpaired) electrons. The Balaban J connectivity index is 0.969. The topological polar surface area (TPSA) is 574 Å². The van der Waals surface area contributed by atoms with E-state index in [2.05, 4.69) is 31.9 Å². The minimum Gasteiger partial charge on any atom is -0.469 e. The van der Waals surface area contributed by atoms with Crippen molar-refractivity contribution in [2.75, 3.05) is 313 Å². The van der Waals surface area contributed by atoms with Gasteiger partial charge in [-0.3, -0.25) is 86.3 Å². The summed E-state index contributed by atoms with van der Waals surface area (Å²) in [5, 5.41) is 51.7. The van der Waals surface area contributed by atoms with Crippen LogP contribution in [0.3, 0.4) is 0 Å². The SMILES string of the molecule is COC(=O)C1CC(=O)N(CCNC(=O)CCN(CCSCC(O)COCC(COCC(O)CSCCN(CCC(=O)NCCN2CC(C(=O)OC)CC2=O)CCC(=O)NCCN2CC(C(=O)OC)CC2=O)(COCC(O)CSCCN(CCC(=O)NCCN2CC(C(=O)OC)CC2=O)CCC(=O)NCCN2CC(C(=O)OC)CC2=O)COCC2CO2)CCC(=O)NCCN2CC(C(=O)OC)CC2=O)C1. The van der Waals surface area contributed by atoms with Gasteiger partial charge in [0.2, 0.25) is 70.9 Å². The number of aliphatic hydroxyl groups excluding tert-OH is 3. The molecular weight excluding hydrogens is 1890 g/mol. The number of esters is 6. The quantitative estimate of drug-likeness (QED) is 0.0118. The fourth-order valence-corrected chi connectivity index (χ4v) is 19.2. The third-order valence-electron chi connectivity index (χ3n) is 24.5. The van der Waals surface area contributed by atoms with Crippen LogP contribution in [-0.2, 0) is 138 Å². The van der Waals surface area contributed by atoms with Crippen LogP contribution >= 0.6 is 35.3 Å². The molecule has 47 nitrogen and oxygen atoms in total. The van der Waals surface area contributed by atoms with Gasteiger partial charge in [0.1, 0.15) is 6.10 Å². The van der Waals surface area contributed by atoms with Crippen LogP contribution in [0.1, 0.15) is 77.0 Å². The van der Waals surface area contributed by atoms with E-state index in [1.54, 1.807) is 0 Å². The van der Waals surface area contributed by atoms with E-state index in [4.69, 9.17) is 52.1 Å². The lowest BCUT2D eigenvalue weighted by Gasteiger charge is -2.34. The molecule has 7 fully saturated rings. The number of carbonyl (C=O) groups is 18. The predicted octanol–water partition coefficient (Wildman–Crippen LogP) is -6.21. The van der Waals surface area contributed by atoms with Crippen LogP contribution in [0.2, 0.25) is 0 Å². The molecule has 0 aliphatic carbocycles. The summed E-state index contributed by atoms with van der Waals surface area (Å²) in [6.45, 7) is 4.98. The summed E-state index contributed by atoms with van der Waals surface area (Å²) in [6.07, 6.45) is -3.12. The van der Waals surface area contributed by atoms with Crippen molar-refractivity contribution in [2.24, 2.45) is 40.9 Å². The maximum atomic E-state index is 13.3. The van der Waals surface area contributed by atoms with Gasteiger partial charge in [0, 0.05) is 288 Å². The summed E-state index contributed by atoms with van der Waals surface area (Å²) in [6, 6.07) is 0. The highest BCUT2D eigenvalue weighted by Crippen LogP contribution is 2.28. The first-order chi connectivity index (χ1) is 66.7. The fourth-order valence-electron chi connectivity index (χ4n) is 16.4. The van der Waals surface area contributed by atoms with E-state index >= 15 is 0 Å². The summed E-state index contributed by atoms with van der Waals surface area (Å²) in [7, 11) is 7.51. The van der Waals surface area contributed by atoms with Gasteiger partial charge in [0.15, 0.2) is 0 Å². The molecule has 139 heavy (non-hydrogen) atoms. The average molecular weight is 2030 g/mol. The third kappa shape index (κ3) is 44.2. The van der Waals surface area contributed by atoms with E-state index in [1.807, 2.05) is 14.7 Å². The zero-order valence-corrected chi connectivity index (χ0v) is 83.3. The Morgan fingerprint density at radius 3 is 0.712 bits per heavy atom. The van der Waals surface area contributed by atoms with Crippen LogP contribution in [0.15, 0.2) is 0 Å². The molecule has 12 amide bonds. The van der Waals surface area contributed by atoms with Gasteiger partial charge in [0.25, 0.3) is 0 Å². The normalized spacial score (nSPS) is 20.2. The molecule has 7 saturated heterocycles. The van der Waals surface area contributed by atoms with E-state index in [0.29, 0.717) is 43.5 Å². The number of nitrogens with zero attached hydrogens (tertiary/aromatic N) is 9. The van der Waals surface area contributed by atoms with Gasteiger partial charge in [-0.15, -0.1) is 0 Å². The highest BCUT2D eigenvalue weighted by Gasteiger charge is 2.42. The van der Waals surface area contributed by atoms with E-state index in [1.165, 1.54) is 107 Å². The van der Waals surface area contributed by atoms with Gasteiger partial charge in [-0.05, 0) is 0 Å². The minimum atomic E-state index is -1.16. The summed E-state index contributed by atoms with van der Waals surface area (Å²) in [4.78, 5) is 243. The Morgan fingerprint density at radius 2 is 0.525 bits per heavy atom. The van der Waals surface area contributed by atoms with Crippen molar-refractivity contribution in [2.45, 2.75) is 101 Å². The van der Waals surface area contributed by atoms with Gasteiger partial charge in [-0.1, -0.05) is 0 Å².